The lowest BCUT2D eigenvalue weighted by Gasteiger charge is -2.42. The zero-order valence-corrected chi connectivity index (χ0v) is 15.9. The van der Waals surface area contributed by atoms with Crippen LogP contribution in [-0.4, -0.2) is 33.6 Å². The molecule has 2 atom stereocenters. The molecule has 1 aromatic carbocycles. The van der Waals surface area contributed by atoms with Crippen LogP contribution < -0.4 is 10.3 Å². The second-order valence-electron chi connectivity index (χ2n) is 7.69. The maximum atomic E-state index is 13.0. The third-order valence-corrected chi connectivity index (χ3v) is 5.67. The van der Waals surface area contributed by atoms with Gasteiger partial charge < -0.3 is 18.7 Å². The molecule has 5 rings (SSSR count). The van der Waals surface area contributed by atoms with Crippen LogP contribution in [0.15, 0.2) is 63.9 Å². The minimum Gasteiger partial charge on any atom is -0.486 e. The van der Waals surface area contributed by atoms with Crippen molar-refractivity contribution in [1.82, 2.24) is 14.6 Å². The van der Waals surface area contributed by atoms with Gasteiger partial charge in [-0.2, -0.15) is 0 Å². The molecule has 0 spiro atoms. The standard InChI is InChI=1S/C22H21N3O4/c26-21-8-4-7-20-16-9-15(12-25(20)21)11-24(13-16)22(27)19-10-18(29-23-19)14-28-17-5-2-1-3-6-17/h1-8,10,15-16H,9,11-14H2/t15-,16-/m0/s1. The topological polar surface area (TPSA) is 77.6 Å². The van der Waals surface area contributed by atoms with E-state index >= 15 is 0 Å². The molecule has 2 aliphatic heterocycles. The van der Waals surface area contributed by atoms with E-state index in [2.05, 4.69) is 5.16 Å². The highest BCUT2D eigenvalue weighted by Crippen LogP contribution is 2.35. The van der Waals surface area contributed by atoms with E-state index in [0.29, 0.717) is 31.1 Å². The second kappa shape index (κ2) is 7.24. The number of carbonyl (C=O) groups is 1. The van der Waals surface area contributed by atoms with Gasteiger partial charge >= 0.3 is 0 Å². The summed E-state index contributed by atoms with van der Waals surface area (Å²) in [5, 5.41) is 3.95. The van der Waals surface area contributed by atoms with Crippen molar-refractivity contribution in [3.05, 3.63) is 82.1 Å². The first-order valence-electron chi connectivity index (χ1n) is 9.80. The van der Waals surface area contributed by atoms with Crippen molar-refractivity contribution < 1.29 is 14.1 Å². The Morgan fingerprint density at radius 1 is 1.10 bits per heavy atom. The van der Waals surface area contributed by atoms with Gasteiger partial charge in [0, 0.05) is 43.4 Å². The molecule has 2 aromatic heterocycles. The summed E-state index contributed by atoms with van der Waals surface area (Å²) in [6, 6.07) is 16.5. The predicted molar refractivity (Wildman–Crippen MR) is 105 cm³/mol. The van der Waals surface area contributed by atoms with Gasteiger partial charge in [-0.3, -0.25) is 9.59 Å². The Labute approximate surface area is 167 Å². The van der Waals surface area contributed by atoms with E-state index in [1.54, 1.807) is 18.2 Å². The molecule has 0 aliphatic carbocycles. The normalized spacial score (nSPS) is 20.2. The summed E-state index contributed by atoms with van der Waals surface area (Å²) in [7, 11) is 0. The average Bonchev–Trinajstić information content (AvgIpc) is 3.22. The van der Waals surface area contributed by atoms with Crippen LogP contribution in [0.5, 0.6) is 5.75 Å². The van der Waals surface area contributed by atoms with Crippen LogP contribution in [0.4, 0.5) is 0 Å². The van der Waals surface area contributed by atoms with E-state index in [0.717, 1.165) is 17.9 Å². The van der Waals surface area contributed by atoms with Gasteiger partial charge in [-0.1, -0.05) is 29.4 Å². The fourth-order valence-electron chi connectivity index (χ4n) is 4.38. The number of benzene rings is 1. The SMILES string of the molecule is O=C(c1cc(COc2ccccc2)on1)N1C[C@@H]2C[C@@H](C1)c1cccc(=O)n1C2. The van der Waals surface area contributed by atoms with Gasteiger partial charge in [0.25, 0.3) is 11.5 Å². The molecule has 1 amide bonds. The molecule has 29 heavy (non-hydrogen) atoms. The van der Waals surface area contributed by atoms with Crippen molar-refractivity contribution in [2.75, 3.05) is 13.1 Å². The van der Waals surface area contributed by atoms with E-state index in [-0.39, 0.29) is 29.9 Å². The van der Waals surface area contributed by atoms with Gasteiger partial charge in [-0.25, -0.2) is 0 Å². The highest BCUT2D eigenvalue weighted by molar-refractivity contribution is 5.92. The van der Waals surface area contributed by atoms with E-state index in [1.807, 2.05) is 45.9 Å². The van der Waals surface area contributed by atoms with Crippen LogP contribution in [0.3, 0.4) is 0 Å². The maximum Gasteiger partial charge on any atom is 0.276 e. The van der Waals surface area contributed by atoms with Crippen LogP contribution >= 0.6 is 0 Å². The lowest BCUT2D eigenvalue weighted by Crippen LogP contribution is -2.49. The highest BCUT2D eigenvalue weighted by atomic mass is 16.5. The van der Waals surface area contributed by atoms with E-state index in [9.17, 15) is 9.59 Å². The predicted octanol–water partition coefficient (Wildman–Crippen LogP) is 2.67. The summed E-state index contributed by atoms with van der Waals surface area (Å²) in [5.41, 5.74) is 1.35. The van der Waals surface area contributed by atoms with Gasteiger partial charge in [-0.15, -0.1) is 0 Å². The van der Waals surface area contributed by atoms with E-state index < -0.39 is 0 Å². The molecule has 7 heteroatoms. The number of para-hydroxylation sites is 1. The molecule has 4 heterocycles. The Morgan fingerprint density at radius 3 is 2.83 bits per heavy atom. The van der Waals surface area contributed by atoms with Crippen LogP contribution in [0.25, 0.3) is 0 Å². The minimum absolute atomic E-state index is 0.0385. The van der Waals surface area contributed by atoms with Gasteiger partial charge in [0.2, 0.25) is 0 Å². The third-order valence-electron chi connectivity index (χ3n) is 5.67. The number of amides is 1. The summed E-state index contributed by atoms with van der Waals surface area (Å²) >= 11 is 0. The van der Waals surface area contributed by atoms with Crippen molar-refractivity contribution in [1.29, 1.82) is 0 Å². The minimum atomic E-state index is -0.138. The molecule has 0 saturated carbocycles. The molecule has 1 saturated heterocycles. The molecule has 0 radical (unpaired) electrons. The quantitative estimate of drug-likeness (QED) is 0.683. The Bertz CT molecular complexity index is 1090. The summed E-state index contributed by atoms with van der Waals surface area (Å²) in [6.45, 7) is 2.08. The number of nitrogens with zero attached hydrogens (tertiary/aromatic N) is 3. The van der Waals surface area contributed by atoms with Crippen molar-refractivity contribution in [2.24, 2.45) is 5.92 Å². The van der Waals surface area contributed by atoms with Crippen LogP contribution in [0.1, 0.15) is 34.3 Å². The molecule has 3 aromatic rings. The first-order chi connectivity index (χ1) is 14.2. The second-order valence-corrected chi connectivity index (χ2v) is 7.69. The van der Waals surface area contributed by atoms with Crippen LogP contribution in [-0.2, 0) is 13.2 Å². The summed E-state index contributed by atoms with van der Waals surface area (Å²) in [4.78, 5) is 27.0. The fourth-order valence-corrected chi connectivity index (χ4v) is 4.38. The van der Waals surface area contributed by atoms with E-state index in [4.69, 9.17) is 9.26 Å². The molecule has 7 nitrogen and oxygen atoms in total. The Kier molecular flexibility index (Phi) is 4.42. The number of aromatic nitrogens is 2. The number of pyridine rings is 1. The summed E-state index contributed by atoms with van der Waals surface area (Å²) < 4.78 is 12.8. The smallest absolute Gasteiger partial charge is 0.276 e. The first-order valence-corrected chi connectivity index (χ1v) is 9.80. The Balaban J connectivity index is 1.28. The van der Waals surface area contributed by atoms with Gasteiger partial charge in [0.1, 0.15) is 12.4 Å². The number of hydrogen-bond donors (Lipinski definition) is 0. The molecule has 1 fully saturated rings. The van der Waals surface area contributed by atoms with Crippen molar-refractivity contribution in [2.45, 2.75) is 25.5 Å². The first kappa shape index (κ1) is 17.7. The number of carbonyl (C=O) groups excluding carboxylic acids is 1. The fraction of sp³-hybridized carbons (Fsp3) is 0.318. The Morgan fingerprint density at radius 2 is 1.97 bits per heavy atom. The zero-order chi connectivity index (χ0) is 19.8. The molecular formula is C22H21N3O4. The molecule has 148 valence electrons. The van der Waals surface area contributed by atoms with Gasteiger partial charge in [0.05, 0.1) is 0 Å². The lowest BCUT2D eigenvalue weighted by molar-refractivity contribution is 0.0584. The van der Waals surface area contributed by atoms with Gasteiger partial charge in [0.15, 0.2) is 11.5 Å². The van der Waals surface area contributed by atoms with Crippen LogP contribution in [0.2, 0.25) is 0 Å². The van der Waals surface area contributed by atoms with Gasteiger partial charge in [-0.05, 0) is 30.5 Å². The zero-order valence-electron chi connectivity index (χ0n) is 15.9. The van der Waals surface area contributed by atoms with E-state index in [1.165, 1.54) is 0 Å². The van der Waals surface area contributed by atoms with Crippen molar-refractivity contribution in [3.8, 4) is 5.75 Å². The number of fused-ring (bicyclic) bond motifs is 4. The monoisotopic (exact) mass is 391 g/mol. The lowest BCUT2D eigenvalue weighted by atomic mass is 9.83. The largest absolute Gasteiger partial charge is 0.486 e. The van der Waals surface area contributed by atoms with Crippen molar-refractivity contribution in [3.63, 3.8) is 0 Å². The number of hydrogen-bond acceptors (Lipinski definition) is 5. The number of likely N-dealkylation sites (tertiary alicyclic amines) is 1. The number of ether oxygens (including phenoxy) is 1. The molecule has 0 N–H and O–H groups in total. The third kappa shape index (κ3) is 3.44. The Hall–Kier alpha value is -3.35. The number of piperidine rings is 1. The molecule has 2 aliphatic rings. The molecule has 0 unspecified atom stereocenters. The maximum absolute atomic E-state index is 13.0. The highest BCUT2D eigenvalue weighted by Gasteiger charge is 2.37. The molecule has 2 bridgehead atoms. The molecular weight excluding hydrogens is 370 g/mol. The van der Waals surface area contributed by atoms with Crippen LogP contribution in [0, 0.1) is 5.92 Å². The van der Waals surface area contributed by atoms with Crippen molar-refractivity contribution >= 4 is 5.91 Å². The summed E-state index contributed by atoms with van der Waals surface area (Å²) in [6.07, 6.45) is 1.00. The number of rotatable bonds is 4. The average molecular weight is 391 g/mol. The summed E-state index contributed by atoms with van der Waals surface area (Å²) in [5.74, 6) is 1.55.